The zero-order valence-electron chi connectivity index (χ0n) is 12.5. The first-order valence-electron chi connectivity index (χ1n) is 7.20. The number of esters is 1. The maximum Gasteiger partial charge on any atom is 0.339 e. The van der Waals surface area contributed by atoms with Crippen molar-refractivity contribution in [3.63, 3.8) is 0 Å². The number of carbonyl (C=O) groups is 2. The third-order valence-corrected chi connectivity index (χ3v) is 3.73. The predicted molar refractivity (Wildman–Crippen MR) is 79.4 cm³/mol. The molecule has 0 saturated heterocycles. The lowest BCUT2D eigenvalue weighted by atomic mass is 9.98. The van der Waals surface area contributed by atoms with Gasteiger partial charge in [-0.2, -0.15) is 0 Å². The Hall–Kier alpha value is -2.56. The van der Waals surface area contributed by atoms with Crippen molar-refractivity contribution in [2.45, 2.75) is 32.4 Å². The Balaban J connectivity index is 1.70. The SMILES string of the molecule is Cc1ccc([C@H](C)NC(=O)[C@@H]2Cc3ccccc3C(=O)O2)o1. The number of carbonyl (C=O) groups excluding carboxylic acids is 2. The zero-order valence-corrected chi connectivity index (χ0v) is 12.5. The zero-order chi connectivity index (χ0) is 15.7. The molecule has 3 rings (SSSR count). The molecule has 2 heterocycles. The number of fused-ring (bicyclic) bond motifs is 1. The van der Waals surface area contributed by atoms with E-state index in [1.54, 1.807) is 12.1 Å². The lowest BCUT2D eigenvalue weighted by molar-refractivity contribution is -0.131. The smallest absolute Gasteiger partial charge is 0.339 e. The summed E-state index contributed by atoms with van der Waals surface area (Å²) in [5, 5.41) is 2.82. The quantitative estimate of drug-likeness (QED) is 0.884. The van der Waals surface area contributed by atoms with Crippen LogP contribution < -0.4 is 5.32 Å². The van der Waals surface area contributed by atoms with Crippen molar-refractivity contribution in [3.05, 3.63) is 59.0 Å². The van der Waals surface area contributed by atoms with Crippen LogP contribution in [-0.2, 0) is 16.0 Å². The van der Waals surface area contributed by atoms with E-state index in [1.807, 2.05) is 38.1 Å². The fraction of sp³-hybridized carbons (Fsp3) is 0.294. The van der Waals surface area contributed by atoms with Crippen LogP contribution >= 0.6 is 0 Å². The normalized spacial score (nSPS) is 18.3. The highest BCUT2D eigenvalue weighted by molar-refractivity contribution is 5.95. The summed E-state index contributed by atoms with van der Waals surface area (Å²) in [5.74, 6) is 0.690. The fourth-order valence-corrected chi connectivity index (χ4v) is 2.54. The predicted octanol–water partition coefficient (Wildman–Crippen LogP) is 2.55. The van der Waals surface area contributed by atoms with Crippen LogP contribution in [0.25, 0.3) is 0 Å². The molecule has 2 aromatic rings. The van der Waals surface area contributed by atoms with Gasteiger partial charge < -0.3 is 14.5 Å². The van der Waals surface area contributed by atoms with E-state index in [4.69, 9.17) is 9.15 Å². The first-order valence-corrected chi connectivity index (χ1v) is 7.20. The van der Waals surface area contributed by atoms with E-state index in [0.717, 1.165) is 11.3 Å². The van der Waals surface area contributed by atoms with Crippen molar-refractivity contribution >= 4 is 11.9 Å². The van der Waals surface area contributed by atoms with Gasteiger partial charge in [0.05, 0.1) is 11.6 Å². The number of aryl methyl sites for hydroxylation is 1. The molecule has 1 amide bonds. The van der Waals surface area contributed by atoms with Crippen LogP contribution in [-0.4, -0.2) is 18.0 Å². The van der Waals surface area contributed by atoms with Gasteiger partial charge in [0.1, 0.15) is 11.5 Å². The Morgan fingerprint density at radius 2 is 2.05 bits per heavy atom. The fourth-order valence-electron chi connectivity index (χ4n) is 2.54. The highest BCUT2D eigenvalue weighted by Crippen LogP contribution is 2.22. The van der Waals surface area contributed by atoms with Crippen molar-refractivity contribution in [2.24, 2.45) is 0 Å². The van der Waals surface area contributed by atoms with Crippen molar-refractivity contribution in [2.75, 3.05) is 0 Å². The summed E-state index contributed by atoms with van der Waals surface area (Å²) in [6.07, 6.45) is -0.418. The number of rotatable bonds is 3. The van der Waals surface area contributed by atoms with E-state index < -0.39 is 12.1 Å². The molecule has 1 N–H and O–H groups in total. The van der Waals surface area contributed by atoms with E-state index in [1.165, 1.54) is 0 Å². The largest absolute Gasteiger partial charge is 0.464 e. The van der Waals surface area contributed by atoms with Gasteiger partial charge in [0, 0.05) is 6.42 Å². The summed E-state index contributed by atoms with van der Waals surface area (Å²) in [5.41, 5.74) is 1.36. The van der Waals surface area contributed by atoms with E-state index in [2.05, 4.69) is 5.32 Å². The van der Waals surface area contributed by atoms with E-state index in [0.29, 0.717) is 17.7 Å². The summed E-state index contributed by atoms with van der Waals surface area (Å²) in [7, 11) is 0. The number of ether oxygens (including phenoxy) is 1. The third-order valence-electron chi connectivity index (χ3n) is 3.73. The molecule has 5 heteroatoms. The number of cyclic esters (lactones) is 1. The Morgan fingerprint density at radius 1 is 1.27 bits per heavy atom. The lowest BCUT2D eigenvalue weighted by Gasteiger charge is -2.24. The molecular weight excluding hydrogens is 282 g/mol. The Labute approximate surface area is 128 Å². The van der Waals surface area contributed by atoms with Gasteiger partial charge in [-0.25, -0.2) is 4.79 Å². The van der Waals surface area contributed by atoms with Crippen molar-refractivity contribution in [3.8, 4) is 0 Å². The number of nitrogens with one attached hydrogen (secondary N) is 1. The monoisotopic (exact) mass is 299 g/mol. The van der Waals surface area contributed by atoms with Crippen LogP contribution in [0.3, 0.4) is 0 Å². The van der Waals surface area contributed by atoms with Gasteiger partial charge in [0.15, 0.2) is 6.10 Å². The standard InChI is InChI=1S/C17H17NO4/c1-10-7-8-14(21-10)11(2)18-16(19)15-9-12-5-3-4-6-13(12)17(20)22-15/h3-8,11,15H,9H2,1-2H3,(H,18,19)/t11-,15-/m0/s1. The van der Waals surface area contributed by atoms with Gasteiger partial charge in [0.2, 0.25) is 0 Å². The number of hydrogen-bond acceptors (Lipinski definition) is 4. The topological polar surface area (TPSA) is 68.5 Å². The molecule has 114 valence electrons. The molecule has 0 spiro atoms. The van der Waals surface area contributed by atoms with Gasteiger partial charge in [-0.1, -0.05) is 18.2 Å². The Kier molecular flexibility index (Phi) is 3.71. The second-order valence-corrected chi connectivity index (χ2v) is 5.43. The number of hydrogen-bond donors (Lipinski definition) is 1. The summed E-state index contributed by atoms with van der Waals surface area (Å²) in [6.45, 7) is 3.67. The molecule has 0 saturated carbocycles. The molecule has 0 bridgehead atoms. The molecule has 2 atom stereocenters. The number of amides is 1. The van der Waals surface area contributed by atoms with Crippen molar-refractivity contribution in [1.29, 1.82) is 0 Å². The van der Waals surface area contributed by atoms with Gasteiger partial charge in [-0.3, -0.25) is 4.79 Å². The van der Waals surface area contributed by atoms with Crippen LogP contribution in [0, 0.1) is 6.92 Å². The molecular formula is C17H17NO4. The molecule has 1 aliphatic rings. The lowest BCUT2D eigenvalue weighted by Crippen LogP contribution is -2.42. The third kappa shape index (κ3) is 2.74. The molecule has 1 aromatic carbocycles. The summed E-state index contributed by atoms with van der Waals surface area (Å²) in [4.78, 5) is 24.3. The molecule has 0 radical (unpaired) electrons. The maximum absolute atomic E-state index is 12.3. The van der Waals surface area contributed by atoms with Crippen molar-refractivity contribution in [1.82, 2.24) is 5.32 Å². The average Bonchev–Trinajstić information content (AvgIpc) is 2.94. The molecule has 1 aromatic heterocycles. The molecule has 1 aliphatic heterocycles. The van der Waals surface area contributed by atoms with Crippen LogP contribution in [0.15, 0.2) is 40.8 Å². The van der Waals surface area contributed by atoms with E-state index in [-0.39, 0.29) is 11.9 Å². The molecule has 0 fully saturated rings. The van der Waals surface area contributed by atoms with Gasteiger partial charge in [-0.15, -0.1) is 0 Å². The highest BCUT2D eigenvalue weighted by Gasteiger charge is 2.31. The molecule has 22 heavy (non-hydrogen) atoms. The summed E-state index contributed by atoms with van der Waals surface area (Å²) in [6, 6.07) is 10.6. The molecule has 5 nitrogen and oxygen atoms in total. The highest BCUT2D eigenvalue weighted by atomic mass is 16.5. The van der Waals surface area contributed by atoms with Crippen LogP contribution in [0.4, 0.5) is 0 Å². The second kappa shape index (κ2) is 5.67. The van der Waals surface area contributed by atoms with Crippen molar-refractivity contribution < 1.29 is 18.7 Å². The number of benzene rings is 1. The van der Waals surface area contributed by atoms with Gasteiger partial charge in [0.25, 0.3) is 5.91 Å². The van der Waals surface area contributed by atoms with Gasteiger partial charge >= 0.3 is 5.97 Å². The van der Waals surface area contributed by atoms with Crippen LogP contribution in [0.1, 0.15) is 40.4 Å². The Morgan fingerprint density at radius 3 is 2.77 bits per heavy atom. The first-order chi connectivity index (χ1) is 10.5. The number of furan rings is 1. The van der Waals surface area contributed by atoms with Crippen LogP contribution in [0.5, 0.6) is 0 Å². The molecule has 0 aliphatic carbocycles. The average molecular weight is 299 g/mol. The van der Waals surface area contributed by atoms with E-state index in [9.17, 15) is 9.59 Å². The van der Waals surface area contributed by atoms with E-state index >= 15 is 0 Å². The second-order valence-electron chi connectivity index (χ2n) is 5.43. The minimum atomic E-state index is -0.805. The minimum Gasteiger partial charge on any atom is -0.464 e. The summed E-state index contributed by atoms with van der Waals surface area (Å²) >= 11 is 0. The first kappa shape index (κ1) is 14.4. The minimum absolute atomic E-state index is 0.280. The Bertz CT molecular complexity index is 719. The molecule has 0 unspecified atom stereocenters. The summed E-state index contributed by atoms with van der Waals surface area (Å²) < 4.78 is 10.7. The van der Waals surface area contributed by atoms with Crippen LogP contribution in [0.2, 0.25) is 0 Å². The van der Waals surface area contributed by atoms with Gasteiger partial charge in [-0.05, 0) is 37.6 Å². The maximum atomic E-state index is 12.3.